The van der Waals surface area contributed by atoms with Crippen molar-refractivity contribution in [2.24, 2.45) is 0 Å². The Morgan fingerprint density at radius 3 is 2.29 bits per heavy atom. The van der Waals surface area contributed by atoms with E-state index in [0.717, 1.165) is 42.0 Å². The van der Waals surface area contributed by atoms with Crippen LogP contribution in [0.2, 0.25) is 0 Å². The molecule has 2 aromatic carbocycles. The SMILES string of the molecule is Cc1ccc(C(=O)NC2CC3CCCC(C2)N3C(=S)Nc2ccccc2)cc1. The van der Waals surface area contributed by atoms with Gasteiger partial charge in [0.15, 0.2) is 5.11 Å². The summed E-state index contributed by atoms with van der Waals surface area (Å²) in [5.41, 5.74) is 2.93. The summed E-state index contributed by atoms with van der Waals surface area (Å²) in [6, 6.07) is 18.9. The third-order valence-corrected chi connectivity index (χ3v) is 6.20. The third kappa shape index (κ3) is 4.20. The molecule has 2 bridgehead atoms. The first-order valence-corrected chi connectivity index (χ1v) is 10.5. The van der Waals surface area contributed by atoms with E-state index in [9.17, 15) is 4.79 Å². The van der Waals surface area contributed by atoms with E-state index in [2.05, 4.69) is 15.5 Å². The lowest BCUT2D eigenvalue weighted by atomic mass is 9.82. The topological polar surface area (TPSA) is 44.4 Å². The molecule has 0 spiro atoms. The highest BCUT2D eigenvalue weighted by Gasteiger charge is 2.40. The van der Waals surface area contributed by atoms with Crippen LogP contribution >= 0.6 is 12.2 Å². The van der Waals surface area contributed by atoms with Crippen LogP contribution in [-0.2, 0) is 0 Å². The summed E-state index contributed by atoms with van der Waals surface area (Å²) in [6.07, 6.45) is 5.39. The van der Waals surface area contributed by atoms with Gasteiger partial charge >= 0.3 is 0 Å². The number of para-hydroxylation sites is 1. The van der Waals surface area contributed by atoms with Crippen LogP contribution in [-0.4, -0.2) is 34.0 Å². The maximum atomic E-state index is 12.6. The molecule has 2 unspecified atom stereocenters. The number of anilines is 1. The number of aryl methyl sites for hydroxylation is 1. The quantitative estimate of drug-likeness (QED) is 0.753. The number of carbonyl (C=O) groups excluding carboxylic acids is 1. The minimum atomic E-state index is 0.0292. The molecule has 2 atom stereocenters. The zero-order valence-corrected chi connectivity index (χ0v) is 17.0. The fourth-order valence-corrected chi connectivity index (χ4v) is 4.93. The second-order valence-electron chi connectivity index (χ2n) is 7.95. The van der Waals surface area contributed by atoms with Crippen LogP contribution in [0.25, 0.3) is 0 Å². The smallest absolute Gasteiger partial charge is 0.251 e. The summed E-state index contributed by atoms with van der Waals surface area (Å²) in [4.78, 5) is 15.0. The van der Waals surface area contributed by atoms with Crippen LogP contribution in [0, 0.1) is 6.92 Å². The van der Waals surface area contributed by atoms with Gasteiger partial charge in [0.2, 0.25) is 0 Å². The molecule has 0 aromatic heterocycles. The van der Waals surface area contributed by atoms with E-state index < -0.39 is 0 Å². The molecule has 0 saturated carbocycles. The van der Waals surface area contributed by atoms with Gasteiger partial charge in [0, 0.05) is 29.4 Å². The van der Waals surface area contributed by atoms with Crippen molar-refractivity contribution in [1.29, 1.82) is 0 Å². The lowest BCUT2D eigenvalue weighted by Crippen LogP contribution is -2.59. The number of hydrogen-bond donors (Lipinski definition) is 2. The van der Waals surface area contributed by atoms with Gasteiger partial charge in [-0.3, -0.25) is 4.79 Å². The number of nitrogens with zero attached hydrogens (tertiary/aromatic N) is 1. The first-order valence-electron chi connectivity index (χ1n) is 10.1. The van der Waals surface area contributed by atoms with Gasteiger partial charge in [-0.15, -0.1) is 0 Å². The number of amides is 1. The van der Waals surface area contributed by atoms with E-state index in [-0.39, 0.29) is 11.9 Å². The molecule has 1 amide bonds. The summed E-state index contributed by atoms with van der Waals surface area (Å²) in [5, 5.41) is 7.47. The molecule has 4 rings (SSSR count). The van der Waals surface area contributed by atoms with Crippen molar-refractivity contribution >= 4 is 28.9 Å². The van der Waals surface area contributed by atoms with Crippen LogP contribution < -0.4 is 10.6 Å². The van der Waals surface area contributed by atoms with Crippen LogP contribution in [0.5, 0.6) is 0 Å². The molecule has 28 heavy (non-hydrogen) atoms. The lowest BCUT2D eigenvalue weighted by Gasteiger charge is -2.50. The Balaban J connectivity index is 1.41. The van der Waals surface area contributed by atoms with E-state index in [0.29, 0.717) is 12.1 Å². The fourth-order valence-electron chi connectivity index (χ4n) is 4.51. The van der Waals surface area contributed by atoms with Crippen LogP contribution in [0.3, 0.4) is 0 Å². The van der Waals surface area contributed by atoms with E-state index >= 15 is 0 Å². The Kier molecular flexibility index (Phi) is 5.62. The Bertz CT molecular complexity index is 823. The summed E-state index contributed by atoms with van der Waals surface area (Å²) >= 11 is 5.75. The zero-order valence-electron chi connectivity index (χ0n) is 16.2. The van der Waals surface area contributed by atoms with Gasteiger partial charge in [-0.25, -0.2) is 0 Å². The van der Waals surface area contributed by atoms with E-state index in [4.69, 9.17) is 12.2 Å². The molecule has 2 aliphatic heterocycles. The van der Waals surface area contributed by atoms with Crippen molar-refractivity contribution in [2.75, 3.05) is 5.32 Å². The Morgan fingerprint density at radius 2 is 1.64 bits per heavy atom. The Labute approximate surface area is 172 Å². The summed E-state index contributed by atoms with van der Waals surface area (Å²) < 4.78 is 0. The maximum absolute atomic E-state index is 12.6. The van der Waals surface area contributed by atoms with Crippen LogP contribution in [0.1, 0.15) is 48.0 Å². The zero-order chi connectivity index (χ0) is 19.5. The summed E-state index contributed by atoms with van der Waals surface area (Å²) in [6.45, 7) is 2.03. The fraction of sp³-hybridized carbons (Fsp3) is 0.391. The number of rotatable bonds is 3. The molecule has 2 N–H and O–H groups in total. The lowest BCUT2D eigenvalue weighted by molar-refractivity contribution is 0.0755. The molecule has 2 aliphatic rings. The summed E-state index contributed by atoms with van der Waals surface area (Å²) in [5.74, 6) is 0.0292. The first-order chi connectivity index (χ1) is 13.6. The predicted molar refractivity (Wildman–Crippen MR) is 118 cm³/mol. The summed E-state index contributed by atoms with van der Waals surface area (Å²) in [7, 11) is 0. The van der Waals surface area contributed by atoms with Crippen molar-refractivity contribution in [1.82, 2.24) is 10.2 Å². The molecule has 2 saturated heterocycles. The predicted octanol–water partition coefficient (Wildman–Crippen LogP) is 4.51. The molecule has 0 aliphatic carbocycles. The van der Waals surface area contributed by atoms with Crippen LogP contribution in [0.15, 0.2) is 54.6 Å². The van der Waals surface area contributed by atoms with E-state index in [1.165, 1.54) is 12.0 Å². The normalized spacial score (nSPS) is 23.8. The first kappa shape index (κ1) is 18.9. The number of fused-ring (bicyclic) bond motifs is 2. The Morgan fingerprint density at radius 1 is 1.00 bits per heavy atom. The van der Waals surface area contributed by atoms with Gasteiger partial charge in [-0.05, 0) is 75.5 Å². The van der Waals surface area contributed by atoms with Gasteiger partial charge < -0.3 is 15.5 Å². The molecule has 2 heterocycles. The van der Waals surface area contributed by atoms with Crippen molar-refractivity contribution in [2.45, 2.75) is 57.2 Å². The number of carbonyl (C=O) groups is 1. The monoisotopic (exact) mass is 393 g/mol. The second kappa shape index (κ2) is 8.31. The molecule has 5 heteroatoms. The molecule has 2 aromatic rings. The number of nitrogens with one attached hydrogen (secondary N) is 2. The Hall–Kier alpha value is -2.40. The van der Waals surface area contributed by atoms with Gasteiger partial charge in [-0.1, -0.05) is 35.9 Å². The minimum absolute atomic E-state index is 0.0292. The van der Waals surface area contributed by atoms with E-state index in [1.54, 1.807) is 0 Å². The highest BCUT2D eigenvalue weighted by molar-refractivity contribution is 7.80. The molecule has 4 nitrogen and oxygen atoms in total. The average molecular weight is 394 g/mol. The van der Waals surface area contributed by atoms with Gasteiger partial charge in [0.1, 0.15) is 0 Å². The molecular weight excluding hydrogens is 366 g/mol. The number of hydrogen-bond acceptors (Lipinski definition) is 2. The highest BCUT2D eigenvalue weighted by atomic mass is 32.1. The molecular formula is C23H27N3OS. The van der Waals surface area contributed by atoms with Crippen LogP contribution in [0.4, 0.5) is 5.69 Å². The molecule has 0 radical (unpaired) electrons. The van der Waals surface area contributed by atoms with Gasteiger partial charge in [-0.2, -0.15) is 0 Å². The maximum Gasteiger partial charge on any atom is 0.251 e. The second-order valence-corrected chi connectivity index (χ2v) is 8.34. The standard InChI is InChI=1S/C23H27N3OS/c1-16-10-12-17(13-11-16)22(27)24-19-14-20-8-5-9-21(15-19)26(20)23(28)25-18-6-3-2-4-7-18/h2-4,6-7,10-13,19-21H,5,8-9,14-15H2,1H3,(H,24,27)(H,25,28). The van der Waals surface area contributed by atoms with E-state index in [1.807, 2.05) is 61.5 Å². The molecule has 146 valence electrons. The number of benzene rings is 2. The highest BCUT2D eigenvalue weighted by Crippen LogP contribution is 2.34. The van der Waals surface area contributed by atoms with Gasteiger partial charge in [0.25, 0.3) is 5.91 Å². The number of thiocarbonyl (C=S) groups is 1. The number of piperidine rings is 2. The van der Waals surface area contributed by atoms with Crippen molar-refractivity contribution in [3.05, 3.63) is 65.7 Å². The van der Waals surface area contributed by atoms with Crippen molar-refractivity contribution < 1.29 is 4.79 Å². The van der Waals surface area contributed by atoms with Gasteiger partial charge in [0.05, 0.1) is 0 Å². The minimum Gasteiger partial charge on any atom is -0.349 e. The largest absolute Gasteiger partial charge is 0.349 e. The average Bonchev–Trinajstić information content (AvgIpc) is 2.68. The van der Waals surface area contributed by atoms with Crippen molar-refractivity contribution in [3.8, 4) is 0 Å². The third-order valence-electron chi connectivity index (χ3n) is 5.88. The molecule has 2 fully saturated rings. The van der Waals surface area contributed by atoms with Crippen molar-refractivity contribution in [3.63, 3.8) is 0 Å².